The molecule has 3 aromatic rings. The first-order valence-electron chi connectivity index (χ1n) is 7.14. The van der Waals surface area contributed by atoms with E-state index in [1.165, 1.54) is 20.5 Å². The molecule has 0 aliphatic heterocycles. The summed E-state index contributed by atoms with van der Waals surface area (Å²) in [6.45, 7) is 0. The van der Waals surface area contributed by atoms with Crippen molar-refractivity contribution in [3.63, 3.8) is 0 Å². The minimum absolute atomic E-state index is 0.619. The number of rotatable bonds is 2. The summed E-state index contributed by atoms with van der Waals surface area (Å²) in [5.41, 5.74) is 3.01. The molecule has 20 heavy (non-hydrogen) atoms. The topological polar surface area (TPSA) is 0 Å². The maximum Gasteiger partial charge on any atom is 0.0352 e. The minimum atomic E-state index is 0.619. The number of thiophene rings is 1. The Morgan fingerprint density at radius 3 is 2.65 bits per heavy atom. The Balaban J connectivity index is 1.79. The van der Waals surface area contributed by atoms with Gasteiger partial charge in [0.05, 0.1) is 0 Å². The highest BCUT2D eigenvalue weighted by molar-refractivity contribution is 7.20. The number of allylic oxidation sites excluding steroid dienone is 1. The van der Waals surface area contributed by atoms with Crippen LogP contribution in [0.1, 0.15) is 28.3 Å². The lowest BCUT2D eigenvalue weighted by molar-refractivity contribution is 0.697. The summed E-state index contributed by atoms with van der Waals surface area (Å²) >= 11 is 1.93. The lowest BCUT2D eigenvalue weighted by Gasteiger charge is -2.19. The minimum Gasteiger partial charge on any atom is -0.136 e. The van der Waals surface area contributed by atoms with E-state index in [0.717, 1.165) is 12.8 Å². The van der Waals surface area contributed by atoms with Gasteiger partial charge in [-0.25, -0.2) is 0 Å². The van der Waals surface area contributed by atoms with E-state index in [0.29, 0.717) is 5.92 Å². The molecule has 1 aliphatic rings. The maximum atomic E-state index is 2.34. The molecule has 0 spiro atoms. The molecular weight excluding hydrogens is 260 g/mol. The molecule has 1 atom stereocenters. The standard InChI is InChI=1S/C19H16S/c1-2-7-14(8-3-1)13-15-9-6-12-18-19(15)16-10-4-5-11-17(16)20-18/h1-8,10-12,15H,9,13H2. The second kappa shape index (κ2) is 4.92. The largest absolute Gasteiger partial charge is 0.136 e. The van der Waals surface area contributed by atoms with Crippen molar-refractivity contribution in [1.82, 2.24) is 0 Å². The molecule has 4 rings (SSSR count). The van der Waals surface area contributed by atoms with Gasteiger partial charge in [-0.15, -0.1) is 11.3 Å². The molecule has 0 bridgehead atoms. The SMILES string of the molecule is C1=Cc2sc3ccccc3c2C(Cc2ccccc2)C1. The van der Waals surface area contributed by atoms with Crippen molar-refractivity contribution in [2.75, 3.05) is 0 Å². The number of hydrogen-bond acceptors (Lipinski definition) is 1. The highest BCUT2D eigenvalue weighted by Crippen LogP contribution is 2.42. The average Bonchev–Trinajstić information content (AvgIpc) is 2.88. The zero-order chi connectivity index (χ0) is 13.4. The van der Waals surface area contributed by atoms with Gasteiger partial charge in [0.15, 0.2) is 0 Å². The normalized spacial score (nSPS) is 17.3. The Morgan fingerprint density at radius 2 is 1.75 bits per heavy atom. The van der Waals surface area contributed by atoms with E-state index in [9.17, 15) is 0 Å². The first-order valence-corrected chi connectivity index (χ1v) is 7.95. The summed E-state index contributed by atoms with van der Waals surface area (Å²) in [7, 11) is 0. The van der Waals surface area contributed by atoms with E-state index in [2.05, 4.69) is 66.7 Å². The first kappa shape index (κ1) is 11.9. The molecule has 1 unspecified atom stereocenters. The summed E-state index contributed by atoms with van der Waals surface area (Å²) < 4.78 is 1.42. The molecule has 1 heterocycles. The van der Waals surface area contributed by atoms with Gasteiger partial charge >= 0.3 is 0 Å². The predicted molar refractivity (Wildman–Crippen MR) is 88.4 cm³/mol. The van der Waals surface area contributed by atoms with E-state index in [1.807, 2.05) is 11.3 Å². The second-order valence-corrected chi connectivity index (χ2v) is 6.48. The Labute approximate surface area is 123 Å². The molecule has 2 aromatic carbocycles. The van der Waals surface area contributed by atoms with E-state index >= 15 is 0 Å². The number of fused-ring (bicyclic) bond motifs is 3. The Kier molecular flexibility index (Phi) is 2.93. The Morgan fingerprint density at radius 1 is 0.950 bits per heavy atom. The number of benzene rings is 2. The molecule has 1 heteroatoms. The van der Waals surface area contributed by atoms with Crippen molar-refractivity contribution < 1.29 is 0 Å². The molecule has 98 valence electrons. The van der Waals surface area contributed by atoms with Gasteiger partial charge in [0.1, 0.15) is 0 Å². The van der Waals surface area contributed by atoms with Crippen LogP contribution in [0.2, 0.25) is 0 Å². The van der Waals surface area contributed by atoms with Gasteiger partial charge in [0.25, 0.3) is 0 Å². The summed E-state index contributed by atoms with van der Waals surface area (Å²) in [5, 5.41) is 1.46. The third-order valence-corrected chi connectivity index (χ3v) is 5.24. The van der Waals surface area contributed by atoms with Crippen LogP contribution in [0.25, 0.3) is 16.2 Å². The smallest absolute Gasteiger partial charge is 0.0352 e. The molecular formula is C19H16S. The molecule has 0 saturated heterocycles. The molecule has 0 radical (unpaired) electrons. The van der Waals surface area contributed by atoms with E-state index < -0.39 is 0 Å². The lowest BCUT2D eigenvalue weighted by Crippen LogP contribution is -2.05. The molecule has 0 amide bonds. The van der Waals surface area contributed by atoms with Gasteiger partial charge in [-0.3, -0.25) is 0 Å². The van der Waals surface area contributed by atoms with Crippen LogP contribution in [-0.4, -0.2) is 0 Å². The Hall–Kier alpha value is -1.86. The van der Waals surface area contributed by atoms with Crippen molar-refractivity contribution in [2.45, 2.75) is 18.8 Å². The van der Waals surface area contributed by atoms with E-state index in [-0.39, 0.29) is 0 Å². The van der Waals surface area contributed by atoms with E-state index in [4.69, 9.17) is 0 Å². The predicted octanol–water partition coefficient (Wildman–Crippen LogP) is 5.64. The zero-order valence-corrected chi connectivity index (χ0v) is 12.1. The van der Waals surface area contributed by atoms with E-state index in [1.54, 1.807) is 5.56 Å². The summed E-state index contributed by atoms with van der Waals surface area (Å²) in [4.78, 5) is 1.46. The summed E-state index contributed by atoms with van der Waals surface area (Å²) in [5.74, 6) is 0.619. The van der Waals surface area contributed by atoms with Crippen molar-refractivity contribution in [1.29, 1.82) is 0 Å². The first-order chi connectivity index (χ1) is 9.92. The average molecular weight is 276 g/mol. The van der Waals surface area contributed by atoms with Crippen LogP contribution in [0.4, 0.5) is 0 Å². The van der Waals surface area contributed by atoms with Crippen LogP contribution in [0, 0.1) is 0 Å². The fourth-order valence-corrected chi connectivity index (χ4v) is 4.39. The number of hydrogen-bond donors (Lipinski definition) is 0. The van der Waals surface area contributed by atoms with Crippen LogP contribution >= 0.6 is 11.3 Å². The van der Waals surface area contributed by atoms with Crippen molar-refractivity contribution in [3.8, 4) is 0 Å². The van der Waals surface area contributed by atoms with Gasteiger partial charge in [0.2, 0.25) is 0 Å². The van der Waals surface area contributed by atoms with Crippen molar-refractivity contribution in [2.24, 2.45) is 0 Å². The monoisotopic (exact) mass is 276 g/mol. The highest BCUT2D eigenvalue weighted by atomic mass is 32.1. The van der Waals surface area contributed by atoms with Crippen LogP contribution in [0.5, 0.6) is 0 Å². The fraction of sp³-hybridized carbons (Fsp3) is 0.158. The third-order valence-electron chi connectivity index (χ3n) is 4.09. The van der Waals surface area contributed by atoms with Crippen LogP contribution < -0.4 is 0 Å². The van der Waals surface area contributed by atoms with Gasteiger partial charge in [-0.05, 0) is 47.4 Å². The fourth-order valence-electron chi connectivity index (χ4n) is 3.17. The van der Waals surface area contributed by atoms with Gasteiger partial charge < -0.3 is 0 Å². The molecule has 0 saturated carbocycles. The molecule has 1 aromatic heterocycles. The van der Waals surface area contributed by atoms with Gasteiger partial charge in [-0.1, -0.05) is 54.6 Å². The van der Waals surface area contributed by atoms with Gasteiger partial charge in [0, 0.05) is 9.58 Å². The van der Waals surface area contributed by atoms with Gasteiger partial charge in [-0.2, -0.15) is 0 Å². The summed E-state index contributed by atoms with van der Waals surface area (Å²) in [6, 6.07) is 19.7. The molecule has 1 aliphatic carbocycles. The van der Waals surface area contributed by atoms with Crippen molar-refractivity contribution in [3.05, 3.63) is 76.7 Å². The third kappa shape index (κ3) is 1.99. The quantitative estimate of drug-likeness (QED) is 0.568. The highest BCUT2D eigenvalue weighted by Gasteiger charge is 2.22. The van der Waals surface area contributed by atoms with Crippen LogP contribution in [0.15, 0.2) is 60.7 Å². The molecule has 0 N–H and O–H groups in total. The lowest BCUT2D eigenvalue weighted by atomic mass is 9.85. The summed E-state index contributed by atoms with van der Waals surface area (Å²) in [6.07, 6.45) is 6.94. The molecule has 0 fully saturated rings. The molecule has 0 nitrogen and oxygen atoms in total. The Bertz CT molecular complexity index is 765. The second-order valence-electron chi connectivity index (χ2n) is 5.40. The maximum absolute atomic E-state index is 2.34. The van der Waals surface area contributed by atoms with Crippen LogP contribution in [0.3, 0.4) is 0 Å². The van der Waals surface area contributed by atoms with Crippen LogP contribution in [-0.2, 0) is 6.42 Å². The zero-order valence-electron chi connectivity index (χ0n) is 11.3. The van der Waals surface area contributed by atoms with Crippen molar-refractivity contribution >= 4 is 27.5 Å².